The molecule has 0 radical (unpaired) electrons. The molecule has 88 valence electrons. The Morgan fingerprint density at radius 3 is 2.88 bits per heavy atom. The summed E-state index contributed by atoms with van der Waals surface area (Å²) in [5, 5.41) is 13.6. The number of hydrogen-bond acceptors (Lipinski definition) is 2. The molecule has 3 nitrogen and oxygen atoms in total. The Balaban J connectivity index is 2.52. The van der Waals surface area contributed by atoms with Gasteiger partial charge < -0.3 is 0 Å². The lowest BCUT2D eigenvalue weighted by Gasteiger charge is -2.15. The Labute approximate surface area is 107 Å². The molecule has 2 aromatic rings. The smallest absolute Gasteiger partial charge is 0.148 e. The molecule has 0 fully saturated rings. The molecule has 0 saturated carbocycles. The van der Waals surface area contributed by atoms with E-state index in [1.54, 1.807) is 16.8 Å². The first-order chi connectivity index (χ1) is 7.94. The number of nitriles is 1. The van der Waals surface area contributed by atoms with Crippen LogP contribution in [0.25, 0.3) is 10.9 Å². The fourth-order valence-corrected chi connectivity index (χ4v) is 1.98. The molecule has 2 rings (SSSR count). The van der Waals surface area contributed by atoms with Crippen LogP contribution in [-0.4, -0.2) is 9.78 Å². The molecule has 0 N–H and O–H groups in total. The highest BCUT2D eigenvalue weighted by Crippen LogP contribution is 2.26. The van der Waals surface area contributed by atoms with Crippen molar-refractivity contribution in [3.63, 3.8) is 0 Å². The summed E-state index contributed by atoms with van der Waals surface area (Å²) in [5.41, 5.74) is 0.178. The van der Waals surface area contributed by atoms with Crippen molar-refractivity contribution in [2.24, 2.45) is 5.41 Å². The van der Waals surface area contributed by atoms with Gasteiger partial charge in [0.15, 0.2) is 0 Å². The second-order valence-electron chi connectivity index (χ2n) is 4.59. The van der Waals surface area contributed by atoms with Crippen LogP contribution in [0, 0.1) is 22.6 Å². The Morgan fingerprint density at radius 1 is 1.53 bits per heavy atom. The predicted octanol–water partition coefficient (Wildman–Crippen LogP) is 3.49. The van der Waals surface area contributed by atoms with Gasteiger partial charge >= 0.3 is 0 Å². The van der Waals surface area contributed by atoms with Gasteiger partial charge in [-0.25, -0.2) is 4.39 Å². The number of rotatable bonds is 2. The number of aromatic nitrogens is 2. The molecule has 0 bridgehead atoms. The van der Waals surface area contributed by atoms with Gasteiger partial charge in [0.05, 0.1) is 39.6 Å². The third kappa shape index (κ3) is 2.18. The zero-order chi connectivity index (χ0) is 12.6. The number of halogens is 2. The molecule has 0 saturated heterocycles. The van der Waals surface area contributed by atoms with Crippen molar-refractivity contribution in [1.82, 2.24) is 9.78 Å². The lowest BCUT2D eigenvalue weighted by Crippen LogP contribution is -2.18. The van der Waals surface area contributed by atoms with Crippen LogP contribution in [0.5, 0.6) is 0 Å². The lowest BCUT2D eigenvalue weighted by atomic mass is 9.96. The minimum Gasteiger partial charge on any atom is -0.263 e. The summed E-state index contributed by atoms with van der Waals surface area (Å²) in [6.45, 7) is 4.10. The summed E-state index contributed by atoms with van der Waals surface area (Å²) in [6.07, 6.45) is 1.49. The first-order valence-corrected chi connectivity index (χ1v) is 5.95. The van der Waals surface area contributed by atoms with Crippen LogP contribution < -0.4 is 0 Å². The number of nitrogens with zero attached hydrogens (tertiary/aromatic N) is 3. The Kier molecular flexibility index (Phi) is 2.92. The molecule has 0 aliphatic heterocycles. The van der Waals surface area contributed by atoms with Crippen molar-refractivity contribution in [3.05, 3.63) is 28.6 Å². The van der Waals surface area contributed by atoms with Gasteiger partial charge in [-0.2, -0.15) is 10.4 Å². The maximum Gasteiger partial charge on any atom is 0.148 e. The molecule has 1 heterocycles. The highest BCUT2D eigenvalue weighted by atomic mass is 79.9. The van der Waals surface area contributed by atoms with Gasteiger partial charge in [0, 0.05) is 0 Å². The summed E-state index contributed by atoms with van der Waals surface area (Å²) in [6, 6.07) is 5.65. The average molecular weight is 296 g/mol. The van der Waals surface area contributed by atoms with Crippen LogP contribution in [0.2, 0.25) is 0 Å². The fraction of sp³-hybridized carbons (Fsp3) is 0.333. The van der Waals surface area contributed by atoms with E-state index in [9.17, 15) is 4.39 Å². The largest absolute Gasteiger partial charge is 0.263 e. The van der Waals surface area contributed by atoms with E-state index in [1.165, 1.54) is 6.20 Å². The van der Waals surface area contributed by atoms with E-state index in [4.69, 9.17) is 5.26 Å². The second-order valence-corrected chi connectivity index (χ2v) is 5.45. The van der Waals surface area contributed by atoms with E-state index in [0.29, 0.717) is 21.9 Å². The van der Waals surface area contributed by atoms with Crippen molar-refractivity contribution in [3.8, 4) is 6.07 Å². The minimum absolute atomic E-state index is 0.316. The van der Waals surface area contributed by atoms with E-state index in [1.807, 2.05) is 13.8 Å². The van der Waals surface area contributed by atoms with E-state index < -0.39 is 5.41 Å². The van der Waals surface area contributed by atoms with Gasteiger partial charge in [0.25, 0.3) is 0 Å². The predicted molar refractivity (Wildman–Crippen MR) is 66.8 cm³/mol. The first kappa shape index (κ1) is 12.1. The summed E-state index contributed by atoms with van der Waals surface area (Å²) < 4.78 is 15.8. The van der Waals surface area contributed by atoms with Crippen molar-refractivity contribution >= 4 is 26.8 Å². The Hall–Kier alpha value is -1.41. The van der Waals surface area contributed by atoms with Crippen molar-refractivity contribution in [2.45, 2.75) is 20.4 Å². The van der Waals surface area contributed by atoms with E-state index in [0.717, 1.165) is 0 Å². The van der Waals surface area contributed by atoms with Crippen LogP contribution in [-0.2, 0) is 6.54 Å². The van der Waals surface area contributed by atoms with Crippen LogP contribution in [0.3, 0.4) is 0 Å². The standard InChI is InChI=1S/C12H11BrFN3/c1-12(2,6-15)7-17-10-4-3-9(13)11(14)8(10)5-16-17/h3-5H,7H2,1-2H3. The van der Waals surface area contributed by atoms with E-state index >= 15 is 0 Å². The lowest BCUT2D eigenvalue weighted by molar-refractivity contribution is 0.392. The van der Waals surface area contributed by atoms with Crippen LogP contribution in [0.1, 0.15) is 13.8 Å². The maximum atomic E-state index is 13.8. The van der Waals surface area contributed by atoms with Crippen molar-refractivity contribution in [2.75, 3.05) is 0 Å². The number of hydrogen-bond donors (Lipinski definition) is 0. The number of fused-ring (bicyclic) bond motifs is 1. The zero-order valence-corrected chi connectivity index (χ0v) is 11.1. The highest BCUT2D eigenvalue weighted by Gasteiger charge is 2.20. The topological polar surface area (TPSA) is 41.6 Å². The van der Waals surface area contributed by atoms with Crippen LogP contribution >= 0.6 is 15.9 Å². The summed E-state index contributed by atoms with van der Waals surface area (Å²) in [5.74, 6) is -0.316. The molecule has 0 spiro atoms. The van der Waals surface area contributed by atoms with E-state index in [-0.39, 0.29) is 5.82 Å². The number of benzene rings is 1. The van der Waals surface area contributed by atoms with Gasteiger partial charge in [-0.15, -0.1) is 0 Å². The minimum atomic E-state index is -0.525. The molecular formula is C12H11BrFN3. The molecule has 1 aromatic carbocycles. The summed E-state index contributed by atoms with van der Waals surface area (Å²) in [4.78, 5) is 0. The molecule has 0 aliphatic rings. The molecule has 1 aromatic heterocycles. The zero-order valence-electron chi connectivity index (χ0n) is 9.54. The fourth-order valence-electron chi connectivity index (χ4n) is 1.63. The average Bonchev–Trinajstić information content (AvgIpc) is 2.67. The first-order valence-electron chi connectivity index (χ1n) is 5.15. The molecule has 17 heavy (non-hydrogen) atoms. The normalized spacial score (nSPS) is 11.7. The molecule has 0 atom stereocenters. The van der Waals surface area contributed by atoms with E-state index in [2.05, 4.69) is 27.1 Å². The molecule has 5 heteroatoms. The van der Waals surface area contributed by atoms with Crippen molar-refractivity contribution in [1.29, 1.82) is 5.26 Å². The molecular weight excluding hydrogens is 285 g/mol. The molecule has 0 unspecified atom stereocenters. The second kappa shape index (κ2) is 4.11. The van der Waals surface area contributed by atoms with Gasteiger partial charge in [0.1, 0.15) is 5.82 Å². The monoisotopic (exact) mass is 295 g/mol. The Bertz CT molecular complexity index is 610. The third-order valence-electron chi connectivity index (χ3n) is 2.56. The van der Waals surface area contributed by atoms with Gasteiger partial charge in [-0.3, -0.25) is 4.68 Å². The maximum absolute atomic E-state index is 13.8. The molecule has 0 aliphatic carbocycles. The van der Waals surface area contributed by atoms with Gasteiger partial charge in [0.2, 0.25) is 0 Å². The van der Waals surface area contributed by atoms with Gasteiger partial charge in [-0.05, 0) is 41.9 Å². The molecule has 0 amide bonds. The van der Waals surface area contributed by atoms with Gasteiger partial charge in [-0.1, -0.05) is 0 Å². The SMILES string of the molecule is CC(C)(C#N)Cn1ncc2c(F)c(Br)ccc21. The quantitative estimate of drug-likeness (QED) is 0.851. The van der Waals surface area contributed by atoms with Crippen LogP contribution in [0.4, 0.5) is 4.39 Å². The highest BCUT2D eigenvalue weighted by molar-refractivity contribution is 9.10. The van der Waals surface area contributed by atoms with Crippen LogP contribution in [0.15, 0.2) is 22.8 Å². The summed E-state index contributed by atoms with van der Waals surface area (Å²) >= 11 is 3.14. The third-order valence-corrected chi connectivity index (χ3v) is 3.17. The van der Waals surface area contributed by atoms with Crippen molar-refractivity contribution < 1.29 is 4.39 Å². The Morgan fingerprint density at radius 2 is 2.24 bits per heavy atom. The summed E-state index contributed by atoms with van der Waals surface area (Å²) in [7, 11) is 0.